The molecule has 5 nitrogen and oxygen atoms in total. The van der Waals surface area contributed by atoms with Gasteiger partial charge in [-0.05, 0) is 37.7 Å². The van der Waals surface area contributed by atoms with Crippen LogP contribution in [-0.2, 0) is 4.79 Å². The number of carbonyl (C=O) groups is 1. The second-order valence-electron chi connectivity index (χ2n) is 5.56. The Balaban J connectivity index is 1.81. The number of ether oxygens (including phenoxy) is 1. The molecular formula is C15H21N3O2. The van der Waals surface area contributed by atoms with Crippen LogP contribution in [0.15, 0.2) is 24.3 Å². The van der Waals surface area contributed by atoms with Crippen LogP contribution < -0.4 is 10.1 Å². The van der Waals surface area contributed by atoms with Gasteiger partial charge in [-0.2, -0.15) is 0 Å². The minimum absolute atomic E-state index is 0.00935. The van der Waals surface area contributed by atoms with Crippen molar-refractivity contribution in [2.24, 2.45) is 0 Å². The fourth-order valence-corrected chi connectivity index (χ4v) is 3.14. The van der Waals surface area contributed by atoms with E-state index in [1.807, 2.05) is 29.2 Å². The maximum absolute atomic E-state index is 12.2. The minimum atomic E-state index is -0.00935. The molecule has 2 unspecified atom stereocenters. The van der Waals surface area contributed by atoms with Crippen molar-refractivity contribution in [3.63, 3.8) is 0 Å². The summed E-state index contributed by atoms with van der Waals surface area (Å²) >= 11 is 0. The summed E-state index contributed by atoms with van der Waals surface area (Å²) in [6, 6.07) is 8.26. The third-order valence-corrected chi connectivity index (χ3v) is 4.20. The fourth-order valence-electron chi connectivity index (χ4n) is 3.14. The Labute approximate surface area is 119 Å². The number of methoxy groups -OCH3 is 1. The van der Waals surface area contributed by atoms with Crippen LogP contribution in [0.5, 0.6) is 5.75 Å². The Bertz CT molecular complexity index is 488. The summed E-state index contributed by atoms with van der Waals surface area (Å²) in [5.74, 6) is 1.04. The number of benzene rings is 1. The molecule has 0 radical (unpaired) electrons. The van der Waals surface area contributed by atoms with E-state index in [1.165, 1.54) is 0 Å². The molecule has 2 atom stereocenters. The van der Waals surface area contributed by atoms with Gasteiger partial charge in [0.05, 0.1) is 13.7 Å². The summed E-state index contributed by atoms with van der Waals surface area (Å²) < 4.78 is 5.19. The second-order valence-corrected chi connectivity index (χ2v) is 5.56. The van der Waals surface area contributed by atoms with Crippen LogP contribution >= 0.6 is 0 Å². The summed E-state index contributed by atoms with van der Waals surface area (Å²) in [6.45, 7) is 2.45. The molecule has 1 N–H and O–H groups in total. The lowest BCUT2D eigenvalue weighted by molar-refractivity contribution is -0.130. The average molecular weight is 275 g/mol. The maximum atomic E-state index is 12.2. The molecule has 2 saturated heterocycles. The molecule has 2 aliphatic rings. The molecule has 2 aliphatic heterocycles. The molecule has 1 aromatic carbocycles. The van der Waals surface area contributed by atoms with E-state index in [0.29, 0.717) is 12.6 Å². The van der Waals surface area contributed by atoms with Crippen molar-refractivity contribution < 1.29 is 9.53 Å². The molecule has 2 fully saturated rings. The second kappa shape index (κ2) is 5.42. The monoisotopic (exact) mass is 275 g/mol. The van der Waals surface area contributed by atoms with Crippen molar-refractivity contribution in [1.29, 1.82) is 0 Å². The van der Waals surface area contributed by atoms with Gasteiger partial charge >= 0.3 is 0 Å². The molecule has 20 heavy (non-hydrogen) atoms. The Kier molecular flexibility index (Phi) is 3.63. The van der Waals surface area contributed by atoms with Gasteiger partial charge in [-0.15, -0.1) is 0 Å². The highest BCUT2D eigenvalue weighted by molar-refractivity contribution is 5.81. The van der Waals surface area contributed by atoms with Crippen LogP contribution in [0, 0.1) is 0 Å². The molecule has 0 saturated carbocycles. The van der Waals surface area contributed by atoms with E-state index in [9.17, 15) is 4.79 Å². The first-order valence-electron chi connectivity index (χ1n) is 7.06. The van der Waals surface area contributed by atoms with Crippen LogP contribution in [-0.4, -0.2) is 55.5 Å². The smallest absolute Gasteiger partial charge is 0.238 e. The lowest BCUT2D eigenvalue weighted by Crippen LogP contribution is -2.41. The number of rotatable bonds is 3. The zero-order valence-electron chi connectivity index (χ0n) is 12.0. The van der Waals surface area contributed by atoms with Gasteiger partial charge in [0.25, 0.3) is 0 Å². The summed E-state index contributed by atoms with van der Waals surface area (Å²) in [6.07, 6.45) is 1.04. The summed E-state index contributed by atoms with van der Waals surface area (Å²) in [4.78, 5) is 16.5. The lowest BCUT2D eigenvalue weighted by atomic mass is 10.1. The predicted molar refractivity (Wildman–Crippen MR) is 76.5 cm³/mol. The van der Waals surface area contributed by atoms with E-state index >= 15 is 0 Å². The number of likely N-dealkylation sites (N-methyl/N-ethyl adjacent to an activating group) is 1. The highest BCUT2D eigenvalue weighted by Gasteiger charge is 2.38. The Morgan fingerprint density at radius 3 is 2.65 bits per heavy atom. The first kappa shape index (κ1) is 13.4. The Morgan fingerprint density at radius 2 is 2.05 bits per heavy atom. The number of likely N-dealkylation sites (tertiary alicyclic amines) is 1. The van der Waals surface area contributed by atoms with Crippen molar-refractivity contribution in [3.8, 4) is 5.75 Å². The van der Waals surface area contributed by atoms with Gasteiger partial charge in [0, 0.05) is 12.6 Å². The van der Waals surface area contributed by atoms with Crippen molar-refractivity contribution in [1.82, 2.24) is 15.1 Å². The molecule has 108 valence electrons. The average Bonchev–Trinajstić information content (AvgIpc) is 3.05. The van der Waals surface area contributed by atoms with Crippen molar-refractivity contribution >= 4 is 5.91 Å². The highest BCUT2D eigenvalue weighted by atomic mass is 16.5. The van der Waals surface area contributed by atoms with Crippen LogP contribution in [0.1, 0.15) is 18.2 Å². The predicted octanol–water partition coefficient (Wildman–Crippen LogP) is 0.830. The molecule has 0 bridgehead atoms. The van der Waals surface area contributed by atoms with Crippen LogP contribution in [0.25, 0.3) is 0 Å². The van der Waals surface area contributed by atoms with E-state index in [4.69, 9.17) is 4.74 Å². The standard InChI is InChI=1S/C15H21N3O2/c1-17-8-7-12(10-17)18-14(19)9-16-15(18)11-3-5-13(20-2)6-4-11/h3-6,12,15-16H,7-10H2,1-2H3. The zero-order valence-corrected chi connectivity index (χ0v) is 12.0. The normalized spacial score (nSPS) is 27.3. The van der Waals surface area contributed by atoms with E-state index < -0.39 is 0 Å². The molecule has 0 spiro atoms. The molecule has 1 aromatic rings. The SMILES string of the molecule is COc1ccc(C2NCC(=O)N2C2CCN(C)C2)cc1. The van der Waals surface area contributed by atoms with Crippen molar-refractivity contribution in [2.45, 2.75) is 18.6 Å². The Morgan fingerprint density at radius 1 is 1.30 bits per heavy atom. The van der Waals surface area contributed by atoms with E-state index in [1.54, 1.807) is 7.11 Å². The third kappa shape index (κ3) is 2.39. The van der Waals surface area contributed by atoms with Crippen LogP contribution in [0.4, 0.5) is 0 Å². The van der Waals surface area contributed by atoms with Gasteiger partial charge in [-0.3, -0.25) is 10.1 Å². The number of hydrogen-bond acceptors (Lipinski definition) is 4. The summed E-state index contributed by atoms with van der Waals surface area (Å²) in [7, 11) is 3.77. The van der Waals surface area contributed by atoms with Gasteiger partial charge in [-0.1, -0.05) is 12.1 Å². The fraction of sp³-hybridized carbons (Fsp3) is 0.533. The molecular weight excluding hydrogens is 254 g/mol. The number of nitrogens with one attached hydrogen (secondary N) is 1. The van der Waals surface area contributed by atoms with Gasteiger partial charge in [0.2, 0.25) is 5.91 Å². The topological polar surface area (TPSA) is 44.8 Å². The maximum Gasteiger partial charge on any atom is 0.238 e. The third-order valence-electron chi connectivity index (χ3n) is 4.20. The molecule has 2 heterocycles. The van der Waals surface area contributed by atoms with E-state index in [0.717, 1.165) is 30.8 Å². The van der Waals surface area contributed by atoms with Crippen LogP contribution in [0.3, 0.4) is 0 Å². The number of hydrogen-bond donors (Lipinski definition) is 1. The summed E-state index contributed by atoms with van der Waals surface area (Å²) in [5.41, 5.74) is 1.12. The minimum Gasteiger partial charge on any atom is -0.497 e. The highest BCUT2D eigenvalue weighted by Crippen LogP contribution is 2.29. The van der Waals surface area contributed by atoms with Crippen molar-refractivity contribution in [3.05, 3.63) is 29.8 Å². The largest absolute Gasteiger partial charge is 0.497 e. The molecule has 0 aliphatic carbocycles. The molecule has 0 aromatic heterocycles. The van der Waals surface area contributed by atoms with Gasteiger partial charge in [-0.25, -0.2) is 0 Å². The Hall–Kier alpha value is -1.59. The first-order chi connectivity index (χ1) is 9.69. The first-order valence-corrected chi connectivity index (χ1v) is 7.06. The molecule has 5 heteroatoms. The quantitative estimate of drug-likeness (QED) is 0.887. The van der Waals surface area contributed by atoms with E-state index in [2.05, 4.69) is 17.3 Å². The van der Waals surface area contributed by atoms with Gasteiger partial charge < -0.3 is 14.5 Å². The number of carbonyl (C=O) groups excluding carboxylic acids is 1. The summed E-state index contributed by atoms with van der Waals surface area (Å²) in [5, 5.41) is 3.32. The van der Waals surface area contributed by atoms with Gasteiger partial charge in [0.1, 0.15) is 11.9 Å². The van der Waals surface area contributed by atoms with Gasteiger partial charge in [0.15, 0.2) is 0 Å². The number of nitrogens with zero attached hydrogens (tertiary/aromatic N) is 2. The van der Waals surface area contributed by atoms with Crippen LogP contribution in [0.2, 0.25) is 0 Å². The lowest BCUT2D eigenvalue weighted by Gasteiger charge is -2.30. The molecule has 1 amide bonds. The number of amides is 1. The van der Waals surface area contributed by atoms with E-state index in [-0.39, 0.29) is 12.1 Å². The zero-order chi connectivity index (χ0) is 14.1. The van der Waals surface area contributed by atoms with Crippen molar-refractivity contribution in [2.75, 3.05) is 33.8 Å². The molecule has 3 rings (SSSR count).